The average molecular weight is 290 g/mol. The fraction of sp³-hybridized carbons (Fsp3) is 0.667. The lowest BCUT2D eigenvalue weighted by molar-refractivity contribution is -0.0401. The molecule has 1 aromatic carbocycles. The van der Waals surface area contributed by atoms with E-state index in [1.165, 1.54) is 51.4 Å². The van der Waals surface area contributed by atoms with E-state index < -0.39 is 0 Å². The Morgan fingerprint density at radius 3 is 2.05 bits per heavy atom. The average Bonchev–Trinajstić information content (AvgIpc) is 2.49. The van der Waals surface area contributed by atoms with Gasteiger partial charge in [-0.2, -0.15) is 0 Å². The maximum Gasteiger partial charge on any atom is 0.119 e. The summed E-state index contributed by atoms with van der Waals surface area (Å²) in [5, 5.41) is 0. The Labute approximate surface area is 128 Å². The molecule has 3 fully saturated rings. The maximum atomic E-state index is 6.08. The molecule has 0 radical (unpaired) electrons. The van der Waals surface area contributed by atoms with Gasteiger partial charge in [-0.1, -0.05) is 13.3 Å². The van der Waals surface area contributed by atoms with Gasteiger partial charge in [-0.25, -0.2) is 0 Å². The lowest BCUT2D eigenvalue weighted by Gasteiger charge is -2.53. The van der Waals surface area contributed by atoms with Crippen LogP contribution in [0.15, 0.2) is 29.2 Å². The molecule has 0 heterocycles. The maximum absolute atomic E-state index is 6.08. The summed E-state index contributed by atoms with van der Waals surface area (Å²) in [4.78, 5) is 0.996. The zero-order valence-electron chi connectivity index (χ0n) is 12.5. The van der Waals surface area contributed by atoms with Gasteiger partial charge in [-0.15, -0.1) is 12.6 Å². The van der Waals surface area contributed by atoms with E-state index in [4.69, 9.17) is 4.74 Å². The number of rotatable bonds is 5. The topological polar surface area (TPSA) is 9.23 Å². The standard InChI is InChI=1S/C18H26OS/c1-2-7-17-8-11-18(12-9-17,13-10-17)14-19-15-3-5-16(20)6-4-15/h3-6,20H,2,7-14H2,1H3. The normalized spacial score (nSPS) is 32.3. The van der Waals surface area contributed by atoms with E-state index in [0.29, 0.717) is 10.8 Å². The molecule has 110 valence electrons. The Morgan fingerprint density at radius 2 is 1.50 bits per heavy atom. The second-order valence-electron chi connectivity index (χ2n) is 7.03. The van der Waals surface area contributed by atoms with Crippen molar-refractivity contribution in [3.05, 3.63) is 24.3 Å². The number of hydrogen-bond donors (Lipinski definition) is 1. The molecular formula is C18H26OS. The van der Waals surface area contributed by atoms with Crippen LogP contribution in [0.2, 0.25) is 0 Å². The van der Waals surface area contributed by atoms with Crippen molar-refractivity contribution in [2.24, 2.45) is 10.8 Å². The number of hydrogen-bond acceptors (Lipinski definition) is 2. The first-order valence-electron chi connectivity index (χ1n) is 8.07. The van der Waals surface area contributed by atoms with Crippen molar-refractivity contribution in [3.8, 4) is 5.75 Å². The lowest BCUT2D eigenvalue weighted by Crippen LogP contribution is -2.44. The first-order valence-corrected chi connectivity index (χ1v) is 8.52. The van der Waals surface area contributed by atoms with Crippen LogP contribution in [0.5, 0.6) is 5.75 Å². The largest absolute Gasteiger partial charge is 0.493 e. The second kappa shape index (κ2) is 5.63. The summed E-state index contributed by atoms with van der Waals surface area (Å²) >= 11 is 4.32. The molecule has 2 bridgehead atoms. The summed E-state index contributed by atoms with van der Waals surface area (Å²) in [5.41, 5.74) is 1.17. The van der Waals surface area contributed by atoms with Crippen LogP contribution >= 0.6 is 12.6 Å². The monoisotopic (exact) mass is 290 g/mol. The van der Waals surface area contributed by atoms with Crippen molar-refractivity contribution in [1.29, 1.82) is 0 Å². The van der Waals surface area contributed by atoms with Gasteiger partial charge in [0.2, 0.25) is 0 Å². The van der Waals surface area contributed by atoms with E-state index in [2.05, 4.69) is 19.6 Å². The van der Waals surface area contributed by atoms with Crippen molar-refractivity contribution in [2.75, 3.05) is 6.61 Å². The summed E-state index contributed by atoms with van der Waals surface area (Å²) < 4.78 is 6.08. The van der Waals surface area contributed by atoms with Gasteiger partial charge in [0.1, 0.15) is 5.75 Å². The smallest absolute Gasteiger partial charge is 0.119 e. The molecule has 0 saturated heterocycles. The van der Waals surface area contributed by atoms with Crippen LogP contribution < -0.4 is 4.74 Å². The predicted octanol–water partition coefficient (Wildman–Crippen LogP) is 5.49. The van der Waals surface area contributed by atoms with Gasteiger partial charge in [0.25, 0.3) is 0 Å². The number of benzene rings is 1. The Kier molecular flexibility index (Phi) is 4.03. The van der Waals surface area contributed by atoms with Crippen LogP contribution in [0.25, 0.3) is 0 Å². The Morgan fingerprint density at radius 1 is 0.950 bits per heavy atom. The van der Waals surface area contributed by atoms with Crippen molar-refractivity contribution < 1.29 is 4.74 Å². The molecule has 0 aliphatic heterocycles. The zero-order valence-corrected chi connectivity index (χ0v) is 13.4. The van der Waals surface area contributed by atoms with Crippen molar-refractivity contribution in [2.45, 2.75) is 63.2 Å². The van der Waals surface area contributed by atoms with E-state index >= 15 is 0 Å². The number of thiol groups is 1. The van der Waals surface area contributed by atoms with Crippen LogP contribution in [0.3, 0.4) is 0 Å². The molecule has 20 heavy (non-hydrogen) atoms. The highest BCUT2D eigenvalue weighted by Gasteiger charge is 2.48. The molecule has 1 nitrogen and oxygen atoms in total. The molecule has 0 spiro atoms. The first kappa shape index (κ1) is 14.3. The van der Waals surface area contributed by atoms with Crippen LogP contribution in [-0.4, -0.2) is 6.61 Å². The van der Waals surface area contributed by atoms with Gasteiger partial charge in [-0.05, 0) is 74.6 Å². The Balaban J connectivity index is 1.58. The minimum Gasteiger partial charge on any atom is -0.493 e. The molecular weight excluding hydrogens is 264 g/mol. The predicted molar refractivity (Wildman–Crippen MR) is 86.7 cm³/mol. The molecule has 3 aliphatic rings. The summed E-state index contributed by atoms with van der Waals surface area (Å²) in [7, 11) is 0. The fourth-order valence-corrected chi connectivity index (χ4v) is 4.39. The Hall–Kier alpha value is -0.630. The molecule has 0 unspecified atom stereocenters. The quantitative estimate of drug-likeness (QED) is 0.705. The SMILES string of the molecule is CCCC12CCC(COc3ccc(S)cc3)(CC1)CC2. The fourth-order valence-electron chi connectivity index (χ4n) is 4.24. The molecule has 0 atom stereocenters. The van der Waals surface area contributed by atoms with Gasteiger partial charge in [-0.3, -0.25) is 0 Å². The Bertz CT molecular complexity index is 426. The van der Waals surface area contributed by atoms with E-state index in [1.807, 2.05) is 24.3 Å². The van der Waals surface area contributed by atoms with E-state index in [9.17, 15) is 0 Å². The van der Waals surface area contributed by atoms with Gasteiger partial charge >= 0.3 is 0 Å². The van der Waals surface area contributed by atoms with E-state index in [-0.39, 0.29) is 0 Å². The molecule has 3 aliphatic carbocycles. The summed E-state index contributed by atoms with van der Waals surface area (Å²) in [6.45, 7) is 3.24. The van der Waals surface area contributed by atoms with Gasteiger partial charge in [0, 0.05) is 10.3 Å². The molecule has 0 N–H and O–H groups in total. The zero-order chi connectivity index (χ0) is 14.1. The third-order valence-electron chi connectivity index (χ3n) is 5.72. The van der Waals surface area contributed by atoms with E-state index in [0.717, 1.165) is 17.3 Å². The molecule has 0 amide bonds. The van der Waals surface area contributed by atoms with Crippen LogP contribution in [-0.2, 0) is 0 Å². The minimum absolute atomic E-state index is 0.467. The van der Waals surface area contributed by atoms with Crippen molar-refractivity contribution in [3.63, 3.8) is 0 Å². The molecule has 1 aromatic rings. The molecule has 3 saturated carbocycles. The van der Waals surface area contributed by atoms with Crippen molar-refractivity contribution in [1.82, 2.24) is 0 Å². The third kappa shape index (κ3) is 2.86. The van der Waals surface area contributed by atoms with Crippen LogP contribution in [0, 0.1) is 10.8 Å². The highest BCUT2D eigenvalue weighted by atomic mass is 32.1. The molecule has 2 heteroatoms. The summed E-state index contributed by atoms with van der Waals surface area (Å²) in [6.07, 6.45) is 11.2. The molecule has 0 aromatic heterocycles. The van der Waals surface area contributed by atoms with Crippen molar-refractivity contribution >= 4 is 12.6 Å². The lowest BCUT2D eigenvalue weighted by atomic mass is 9.53. The number of fused-ring (bicyclic) bond motifs is 3. The molecule has 4 rings (SSSR count). The summed E-state index contributed by atoms with van der Waals surface area (Å²) in [6, 6.07) is 8.08. The van der Waals surface area contributed by atoms with Gasteiger partial charge < -0.3 is 4.74 Å². The first-order chi connectivity index (χ1) is 9.65. The second-order valence-corrected chi connectivity index (χ2v) is 7.55. The highest BCUT2D eigenvalue weighted by molar-refractivity contribution is 7.80. The van der Waals surface area contributed by atoms with Crippen LogP contribution in [0.4, 0.5) is 0 Å². The third-order valence-corrected chi connectivity index (χ3v) is 6.02. The van der Waals surface area contributed by atoms with Gasteiger partial charge in [0.15, 0.2) is 0 Å². The van der Waals surface area contributed by atoms with Crippen LogP contribution in [0.1, 0.15) is 58.3 Å². The summed E-state index contributed by atoms with van der Waals surface area (Å²) in [5.74, 6) is 0.994. The minimum atomic E-state index is 0.467. The highest BCUT2D eigenvalue weighted by Crippen LogP contribution is 2.58. The number of ether oxygens (including phenoxy) is 1. The van der Waals surface area contributed by atoms with E-state index in [1.54, 1.807) is 0 Å². The van der Waals surface area contributed by atoms with Gasteiger partial charge in [0.05, 0.1) is 6.61 Å².